The number of aryl methyl sites for hydroxylation is 1. The standard InChI is InChI=1S/C28H32N10O5S/c1-18-14-43-11-10-38(18)27-25(22-8-9-30-17-31-22)23(15-44(41,42)16-24(29)39)34-26(35-27)19-4-6-20(7-5-19)33-28(40)37(3)21-12-32-36(2)13-21/h4-9,12-13,17-18H,10-11,14-16H2,1-3H3,(H2,29,39)(H,33,40)/t18-/m0/s1. The molecule has 3 aromatic heterocycles. The molecule has 0 aliphatic carbocycles. The number of amides is 3. The summed E-state index contributed by atoms with van der Waals surface area (Å²) in [7, 11) is -0.585. The van der Waals surface area contributed by atoms with Crippen molar-refractivity contribution in [3.05, 3.63) is 60.9 Å². The number of rotatable bonds is 9. The van der Waals surface area contributed by atoms with Gasteiger partial charge in [-0.1, -0.05) is 0 Å². The van der Waals surface area contributed by atoms with Gasteiger partial charge in [0.15, 0.2) is 15.7 Å². The Labute approximate surface area is 254 Å². The monoisotopic (exact) mass is 620 g/mol. The molecule has 4 heterocycles. The third kappa shape index (κ3) is 6.98. The van der Waals surface area contributed by atoms with Crippen LogP contribution < -0.4 is 20.9 Å². The highest BCUT2D eigenvalue weighted by atomic mass is 32.2. The van der Waals surface area contributed by atoms with Crippen LogP contribution in [0.25, 0.3) is 22.6 Å². The minimum Gasteiger partial charge on any atom is -0.377 e. The van der Waals surface area contributed by atoms with Crippen molar-refractivity contribution in [1.82, 2.24) is 29.7 Å². The Hall–Kier alpha value is -4.96. The lowest BCUT2D eigenvalue weighted by molar-refractivity contribution is -0.115. The molecule has 5 rings (SSSR count). The topological polar surface area (TPSA) is 191 Å². The van der Waals surface area contributed by atoms with Crippen LogP contribution in [0.5, 0.6) is 0 Å². The summed E-state index contributed by atoms with van der Waals surface area (Å²) < 4.78 is 33.3. The smallest absolute Gasteiger partial charge is 0.326 e. The van der Waals surface area contributed by atoms with E-state index in [-0.39, 0.29) is 23.6 Å². The Morgan fingerprint density at radius 1 is 1.18 bits per heavy atom. The van der Waals surface area contributed by atoms with Crippen molar-refractivity contribution in [3.8, 4) is 22.6 Å². The molecule has 1 aromatic carbocycles. The number of nitrogens with one attached hydrogen (secondary N) is 1. The first-order valence-corrected chi connectivity index (χ1v) is 15.5. The Morgan fingerprint density at radius 3 is 2.59 bits per heavy atom. The van der Waals surface area contributed by atoms with Gasteiger partial charge in [0.25, 0.3) is 0 Å². The van der Waals surface area contributed by atoms with Crippen molar-refractivity contribution < 1.29 is 22.7 Å². The molecular weight excluding hydrogens is 588 g/mol. The zero-order chi connectivity index (χ0) is 31.4. The van der Waals surface area contributed by atoms with Crippen LogP contribution >= 0.6 is 0 Å². The molecule has 0 spiro atoms. The average molecular weight is 621 g/mol. The zero-order valence-corrected chi connectivity index (χ0v) is 25.2. The molecule has 1 aliphatic heterocycles. The van der Waals surface area contributed by atoms with E-state index in [2.05, 4.69) is 25.4 Å². The minimum atomic E-state index is -3.98. The number of aromatic nitrogens is 6. The number of carbonyl (C=O) groups excluding carboxylic acids is 2. The van der Waals surface area contributed by atoms with Gasteiger partial charge in [-0.05, 0) is 37.3 Å². The third-order valence-corrected chi connectivity index (χ3v) is 8.38. The molecule has 0 bridgehead atoms. The SMILES string of the molecule is C[C@H]1COCCN1c1nc(-c2ccc(NC(=O)N(C)c3cnn(C)c3)cc2)nc(CS(=O)(=O)CC(N)=O)c1-c1ccncn1. The first kappa shape index (κ1) is 30.5. The predicted octanol–water partition coefficient (Wildman–Crippen LogP) is 1.63. The van der Waals surface area contributed by atoms with Crippen molar-refractivity contribution in [1.29, 1.82) is 0 Å². The fourth-order valence-corrected chi connectivity index (χ4v) is 5.92. The summed E-state index contributed by atoms with van der Waals surface area (Å²) in [6.07, 6.45) is 6.21. The van der Waals surface area contributed by atoms with E-state index in [1.54, 1.807) is 67.7 Å². The normalized spacial score (nSPS) is 15.2. The van der Waals surface area contributed by atoms with Gasteiger partial charge in [0.05, 0.1) is 53.8 Å². The summed E-state index contributed by atoms with van der Waals surface area (Å²) in [5.41, 5.74) is 7.98. The summed E-state index contributed by atoms with van der Waals surface area (Å²) in [5, 5.41) is 6.93. The summed E-state index contributed by atoms with van der Waals surface area (Å²) in [6, 6.07) is 8.07. The van der Waals surface area contributed by atoms with Gasteiger partial charge in [0.2, 0.25) is 5.91 Å². The van der Waals surface area contributed by atoms with Gasteiger partial charge in [0, 0.05) is 44.3 Å². The number of sulfone groups is 1. The van der Waals surface area contributed by atoms with Crippen LogP contribution in [0.4, 0.5) is 22.0 Å². The number of benzene rings is 1. The molecule has 1 aliphatic rings. The maximum absolute atomic E-state index is 13.0. The van der Waals surface area contributed by atoms with Crippen LogP contribution in [0, 0.1) is 0 Å². The second-order valence-electron chi connectivity index (χ2n) is 10.3. The number of morpholine rings is 1. The van der Waals surface area contributed by atoms with Gasteiger partial charge in [-0.3, -0.25) is 14.4 Å². The maximum atomic E-state index is 13.0. The van der Waals surface area contributed by atoms with Gasteiger partial charge in [-0.25, -0.2) is 33.1 Å². The van der Waals surface area contributed by atoms with Crippen LogP contribution in [0.15, 0.2) is 55.2 Å². The van der Waals surface area contributed by atoms with E-state index in [0.29, 0.717) is 53.8 Å². The summed E-state index contributed by atoms with van der Waals surface area (Å²) in [5.74, 6) is -1.63. The minimum absolute atomic E-state index is 0.0865. The number of anilines is 3. The first-order chi connectivity index (χ1) is 21.0. The molecule has 3 N–H and O–H groups in total. The highest BCUT2D eigenvalue weighted by Gasteiger charge is 2.30. The number of carbonyl (C=O) groups is 2. The number of nitrogens with zero attached hydrogens (tertiary/aromatic N) is 8. The van der Waals surface area contributed by atoms with Gasteiger partial charge < -0.3 is 20.7 Å². The van der Waals surface area contributed by atoms with Crippen molar-refractivity contribution in [2.24, 2.45) is 12.8 Å². The van der Waals surface area contributed by atoms with E-state index in [4.69, 9.17) is 15.5 Å². The third-order valence-electron chi connectivity index (χ3n) is 6.94. The van der Waals surface area contributed by atoms with Crippen LogP contribution in [0.1, 0.15) is 12.6 Å². The Kier molecular flexibility index (Phi) is 8.82. The summed E-state index contributed by atoms with van der Waals surface area (Å²) in [4.78, 5) is 45.8. The van der Waals surface area contributed by atoms with Crippen LogP contribution in [-0.2, 0) is 32.2 Å². The van der Waals surface area contributed by atoms with Gasteiger partial charge >= 0.3 is 6.03 Å². The summed E-state index contributed by atoms with van der Waals surface area (Å²) >= 11 is 0. The van der Waals surface area contributed by atoms with Crippen molar-refractivity contribution in [2.45, 2.75) is 18.7 Å². The quantitative estimate of drug-likeness (QED) is 0.276. The molecule has 0 radical (unpaired) electrons. The molecular formula is C28H32N10O5S. The molecule has 15 nitrogen and oxygen atoms in total. The average Bonchev–Trinajstić information content (AvgIpc) is 3.42. The first-order valence-electron chi connectivity index (χ1n) is 13.6. The molecule has 0 unspecified atom stereocenters. The highest BCUT2D eigenvalue weighted by Crippen LogP contribution is 2.35. The van der Waals surface area contributed by atoms with Crippen LogP contribution in [-0.4, -0.2) is 88.7 Å². The number of hydrogen-bond donors (Lipinski definition) is 2. The van der Waals surface area contributed by atoms with Gasteiger partial charge in [-0.2, -0.15) is 5.10 Å². The van der Waals surface area contributed by atoms with E-state index in [9.17, 15) is 18.0 Å². The summed E-state index contributed by atoms with van der Waals surface area (Å²) in [6.45, 7) is 3.37. The van der Waals surface area contributed by atoms with E-state index in [1.807, 2.05) is 11.8 Å². The molecule has 1 saturated heterocycles. The Morgan fingerprint density at radius 2 is 1.95 bits per heavy atom. The van der Waals surface area contributed by atoms with Crippen molar-refractivity contribution >= 4 is 39.0 Å². The van der Waals surface area contributed by atoms with E-state index in [1.165, 1.54) is 11.2 Å². The van der Waals surface area contributed by atoms with Crippen molar-refractivity contribution in [3.63, 3.8) is 0 Å². The second kappa shape index (κ2) is 12.7. The van der Waals surface area contributed by atoms with Crippen LogP contribution in [0.3, 0.4) is 0 Å². The zero-order valence-electron chi connectivity index (χ0n) is 24.4. The molecule has 230 valence electrons. The maximum Gasteiger partial charge on any atom is 0.326 e. The van der Waals surface area contributed by atoms with Gasteiger partial charge in [-0.15, -0.1) is 0 Å². The molecule has 1 fully saturated rings. The lowest BCUT2D eigenvalue weighted by atomic mass is 10.1. The van der Waals surface area contributed by atoms with Crippen molar-refractivity contribution in [2.75, 3.05) is 47.7 Å². The number of primary amides is 1. The van der Waals surface area contributed by atoms with E-state index >= 15 is 0 Å². The highest BCUT2D eigenvalue weighted by molar-refractivity contribution is 7.91. The van der Waals surface area contributed by atoms with Crippen LogP contribution in [0.2, 0.25) is 0 Å². The molecule has 16 heteroatoms. The molecule has 4 aromatic rings. The molecule has 0 saturated carbocycles. The molecule has 44 heavy (non-hydrogen) atoms. The Bertz CT molecular complexity index is 1760. The number of ether oxygens (including phenoxy) is 1. The molecule has 1 atom stereocenters. The number of nitrogens with two attached hydrogens (primary N) is 1. The largest absolute Gasteiger partial charge is 0.377 e. The lowest BCUT2D eigenvalue weighted by Crippen LogP contribution is -2.44. The number of urea groups is 1. The van der Waals surface area contributed by atoms with E-state index < -0.39 is 27.3 Å². The number of hydrogen-bond acceptors (Lipinski definition) is 11. The second-order valence-corrected chi connectivity index (χ2v) is 12.4. The van der Waals surface area contributed by atoms with Gasteiger partial charge in [0.1, 0.15) is 17.9 Å². The lowest BCUT2D eigenvalue weighted by Gasteiger charge is -2.36. The predicted molar refractivity (Wildman–Crippen MR) is 163 cm³/mol. The Balaban J connectivity index is 1.56. The fourth-order valence-electron chi connectivity index (χ4n) is 4.76. The fraction of sp³-hybridized carbons (Fsp3) is 0.321. The van der Waals surface area contributed by atoms with E-state index in [0.717, 1.165) is 0 Å². The molecule has 3 amide bonds.